The Hall–Kier alpha value is -0.823. The summed E-state index contributed by atoms with van der Waals surface area (Å²) < 4.78 is 0. The lowest BCUT2D eigenvalue weighted by atomic mass is 10.2. The first kappa shape index (κ1) is 12.2. The molecule has 0 spiro atoms. The Morgan fingerprint density at radius 1 is 1.13 bits per heavy atom. The van der Waals surface area contributed by atoms with E-state index in [9.17, 15) is 0 Å². The minimum atomic E-state index is -1.42. The van der Waals surface area contributed by atoms with Crippen molar-refractivity contribution in [2.24, 2.45) is 0 Å². The summed E-state index contributed by atoms with van der Waals surface area (Å²) in [5.74, 6) is 0. The Morgan fingerprint density at radius 3 is 2.13 bits per heavy atom. The Balaban J connectivity index is 3.32. The van der Waals surface area contributed by atoms with Crippen molar-refractivity contribution in [1.29, 1.82) is 0 Å². The van der Waals surface area contributed by atoms with Crippen LogP contribution in [0.15, 0.2) is 30.8 Å². The summed E-state index contributed by atoms with van der Waals surface area (Å²) in [6.07, 6.45) is 1.98. The lowest BCUT2D eigenvalue weighted by Gasteiger charge is -2.38. The summed E-state index contributed by atoms with van der Waals surface area (Å²) in [6, 6.07) is 8.67. The first-order valence-electron chi connectivity index (χ1n) is 5.52. The second-order valence-corrected chi connectivity index (χ2v) is 11.0. The molecule has 0 heterocycles. The molecule has 1 aromatic rings. The van der Waals surface area contributed by atoms with Crippen molar-refractivity contribution in [2.75, 3.05) is 0 Å². The maximum atomic E-state index is 3.91. The van der Waals surface area contributed by atoms with E-state index in [4.69, 9.17) is 0 Å². The molecule has 1 heteroatoms. The highest BCUT2D eigenvalue weighted by molar-refractivity contribution is 6.92. The molecule has 0 saturated carbocycles. The lowest BCUT2D eigenvalue weighted by molar-refractivity contribution is 0.729. The smallest absolute Gasteiger partial charge is 0.0867 e. The molecule has 0 unspecified atom stereocenters. The molecule has 0 fully saturated rings. The van der Waals surface area contributed by atoms with E-state index in [0.29, 0.717) is 5.04 Å². The van der Waals surface area contributed by atoms with Gasteiger partial charge in [-0.2, -0.15) is 0 Å². The summed E-state index contributed by atoms with van der Waals surface area (Å²) >= 11 is 0. The Morgan fingerprint density at radius 2 is 1.67 bits per heavy atom. The molecule has 0 radical (unpaired) electrons. The summed E-state index contributed by atoms with van der Waals surface area (Å²) in [7, 11) is -1.42. The first-order chi connectivity index (χ1) is 6.80. The van der Waals surface area contributed by atoms with Gasteiger partial charge in [-0.15, -0.1) is 0 Å². The largest absolute Gasteiger partial charge is 0.0985 e. The molecule has 0 saturated heterocycles. The molecule has 1 rings (SSSR count). The summed E-state index contributed by atoms with van der Waals surface area (Å²) in [6.45, 7) is 15.8. The van der Waals surface area contributed by atoms with Gasteiger partial charge in [0.2, 0.25) is 0 Å². The maximum absolute atomic E-state index is 3.91. The van der Waals surface area contributed by atoms with Crippen LogP contribution in [0.3, 0.4) is 0 Å². The summed E-state index contributed by atoms with van der Waals surface area (Å²) in [5.41, 5.74) is 1.31. The van der Waals surface area contributed by atoms with E-state index in [1.165, 1.54) is 10.8 Å². The number of hydrogen-bond acceptors (Lipinski definition) is 0. The van der Waals surface area contributed by atoms with E-state index in [2.05, 4.69) is 64.7 Å². The average Bonchev–Trinajstić information content (AvgIpc) is 2.16. The lowest BCUT2D eigenvalue weighted by Crippen LogP contribution is -2.50. The van der Waals surface area contributed by atoms with Gasteiger partial charge >= 0.3 is 0 Å². The second kappa shape index (κ2) is 3.97. The van der Waals surface area contributed by atoms with Crippen molar-refractivity contribution in [1.82, 2.24) is 0 Å². The highest BCUT2D eigenvalue weighted by Gasteiger charge is 2.37. The molecule has 0 nitrogen and oxygen atoms in total. The van der Waals surface area contributed by atoms with Gasteiger partial charge in [-0.25, -0.2) is 0 Å². The van der Waals surface area contributed by atoms with Crippen LogP contribution in [0, 0.1) is 0 Å². The quantitative estimate of drug-likeness (QED) is 0.657. The Labute approximate surface area is 95.0 Å². The highest BCUT2D eigenvalue weighted by Crippen LogP contribution is 2.36. The van der Waals surface area contributed by atoms with Crippen molar-refractivity contribution in [2.45, 2.75) is 38.9 Å². The predicted octanol–water partition coefficient (Wildman–Crippen LogP) is 4.05. The highest BCUT2D eigenvalue weighted by atomic mass is 28.3. The third-order valence-corrected chi connectivity index (χ3v) is 9.28. The van der Waals surface area contributed by atoms with Crippen molar-refractivity contribution in [3.63, 3.8) is 0 Å². The van der Waals surface area contributed by atoms with Gasteiger partial charge in [0, 0.05) is 0 Å². The molecule has 1 aromatic carbocycles. The van der Waals surface area contributed by atoms with Gasteiger partial charge in [0.25, 0.3) is 0 Å². The minimum absolute atomic E-state index is 0.381. The molecule has 0 aliphatic heterocycles. The van der Waals surface area contributed by atoms with Crippen molar-refractivity contribution in [3.05, 3.63) is 36.4 Å². The normalized spacial score (nSPS) is 12.6. The van der Waals surface area contributed by atoms with Crippen LogP contribution >= 0.6 is 0 Å². The van der Waals surface area contributed by atoms with Crippen molar-refractivity contribution < 1.29 is 0 Å². The number of rotatable bonds is 2. The van der Waals surface area contributed by atoms with E-state index in [1.807, 2.05) is 6.08 Å². The zero-order chi connectivity index (χ0) is 11.7. The predicted molar refractivity (Wildman–Crippen MR) is 73.4 cm³/mol. The Bertz CT molecular complexity index is 356. The third kappa shape index (κ3) is 2.23. The zero-order valence-electron chi connectivity index (χ0n) is 10.6. The monoisotopic (exact) mass is 218 g/mol. The van der Waals surface area contributed by atoms with E-state index < -0.39 is 8.07 Å². The summed E-state index contributed by atoms with van der Waals surface area (Å²) in [4.78, 5) is 0. The maximum Gasteiger partial charge on any atom is 0.0867 e. The fourth-order valence-corrected chi connectivity index (χ4v) is 3.88. The van der Waals surface area contributed by atoms with Gasteiger partial charge in [0.05, 0.1) is 8.07 Å². The fourth-order valence-electron chi connectivity index (χ4n) is 1.65. The van der Waals surface area contributed by atoms with Crippen molar-refractivity contribution in [3.8, 4) is 0 Å². The molecular weight excluding hydrogens is 196 g/mol. The molecule has 0 aliphatic rings. The van der Waals surface area contributed by atoms with E-state index in [0.717, 1.165) is 0 Å². The van der Waals surface area contributed by atoms with Crippen LogP contribution in [0.4, 0.5) is 0 Å². The topological polar surface area (TPSA) is 0 Å². The molecule has 0 N–H and O–H groups in total. The third-order valence-electron chi connectivity index (χ3n) is 3.73. The molecule has 0 aliphatic carbocycles. The van der Waals surface area contributed by atoms with Crippen LogP contribution in [0.5, 0.6) is 0 Å². The second-order valence-electron chi connectivity index (χ2n) is 5.67. The standard InChI is InChI=1S/C14H22Si/c1-7-12-10-8-9-11-13(12)15(5,6)14(2,3)4/h7-11H,1H2,2-6H3. The first-order valence-corrected chi connectivity index (χ1v) is 8.52. The molecule has 0 aromatic heterocycles. The van der Waals surface area contributed by atoms with Crippen LogP contribution in [0.1, 0.15) is 26.3 Å². The molecule has 0 amide bonds. The summed E-state index contributed by atoms with van der Waals surface area (Å²) in [5, 5.41) is 1.90. The van der Waals surface area contributed by atoms with E-state index in [-0.39, 0.29) is 0 Å². The van der Waals surface area contributed by atoms with Crippen LogP contribution < -0.4 is 5.19 Å². The van der Waals surface area contributed by atoms with Crippen LogP contribution in [0.2, 0.25) is 18.1 Å². The SMILES string of the molecule is C=Cc1ccccc1[Si](C)(C)C(C)(C)C. The van der Waals surface area contributed by atoms with Gasteiger partial charge < -0.3 is 0 Å². The molecule has 82 valence electrons. The van der Waals surface area contributed by atoms with Crippen LogP contribution in [-0.2, 0) is 0 Å². The minimum Gasteiger partial charge on any atom is -0.0985 e. The van der Waals surface area contributed by atoms with Gasteiger partial charge in [-0.1, -0.05) is 76.0 Å². The number of benzene rings is 1. The van der Waals surface area contributed by atoms with E-state index in [1.54, 1.807) is 0 Å². The molecule has 0 bridgehead atoms. The van der Waals surface area contributed by atoms with Gasteiger partial charge in [0.1, 0.15) is 0 Å². The Kier molecular flexibility index (Phi) is 3.24. The molecule has 0 atom stereocenters. The average molecular weight is 218 g/mol. The molecular formula is C14H22Si. The number of hydrogen-bond donors (Lipinski definition) is 0. The van der Waals surface area contributed by atoms with E-state index >= 15 is 0 Å². The fraction of sp³-hybridized carbons (Fsp3) is 0.429. The molecule has 15 heavy (non-hydrogen) atoms. The van der Waals surface area contributed by atoms with Gasteiger partial charge in [0.15, 0.2) is 0 Å². The van der Waals surface area contributed by atoms with Gasteiger partial charge in [-0.05, 0) is 10.6 Å². The van der Waals surface area contributed by atoms with Crippen LogP contribution in [0.25, 0.3) is 6.08 Å². The van der Waals surface area contributed by atoms with Crippen LogP contribution in [-0.4, -0.2) is 8.07 Å². The zero-order valence-corrected chi connectivity index (χ0v) is 11.6. The van der Waals surface area contributed by atoms with Crippen molar-refractivity contribution >= 4 is 19.3 Å². The van der Waals surface area contributed by atoms with Gasteiger partial charge in [-0.3, -0.25) is 0 Å².